The van der Waals surface area contributed by atoms with E-state index in [9.17, 15) is 0 Å². The summed E-state index contributed by atoms with van der Waals surface area (Å²) in [6, 6.07) is 54.4. The first kappa shape index (κ1) is 28.2. The molecule has 1 heterocycles. The van der Waals surface area contributed by atoms with Crippen LogP contribution in [0.1, 0.15) is 24.4 Å². The standard InChI is InChI=1S/C40H37NP2/c1-5-18-32(19-6-1)42(33-20-7-2-8-21-33)38-28-14-13-26-36(38)40(41-30-15-16-31-41)37-27-17-29-39(37)43(34-22-9-3-10-23-34)35-24-11-4-12-25-35/h1-14,17-29,37,40H,15-16,30-31H2. The first-order chi connectivity index (χ1) is 21.4. The molecule has 1 nitrogen and oxygen atoms in total. The zero-order valence-corrected chi connectivity index (χ0v) is 26.2. The molecule has 1 aliphatic carbocycles. The highest BCUT2D eigenvalue weighted by molar-refractivity contribution is 7.80. The molecule has 1 aliphatic heterocycles. The lowest BCUT2D eigenvalue weighted by Crippen LogP contribution is -2.36. The van der Waals surface area contributed by atoms with Gasteiger partial charge in [-0.05, 0) is 79.2 Å². The van der Waals surface area contributed by atoms with Gasteiger partial charge in [0.25, 0.3) is 0 Å². The summed E-state index contributed by atoms with van der Waals surface area (Å²) in [5, 5.41) is 8.70. The van der Waals surface area contributed by atoms with E-state index in [-0.39, 0.29) is 0 Å². The minimum Gasteiger partial charge on any atom is -0.295 e. The largest absolute Gasteiger partial charge is 0.295 e. The predicted octanol–water partition coefficient (Wildman–Crippen LogP) is 7.78. The zero-order valence-electron chi connectivity index (χ0n) is 24.4. The molecule has 5 aromatic carbocycles. The molecule has 0 spiro atoms. The second kappa shape index (κ2) is 13.4. The second-order valence-electron chi connectivity index (χ2n) is 11.3. The van der Waals surface area contributed by atoms with Gasteiger partial charge in [-0.2, -0.15) is 0 Å². The fourth-order valence-electron chi connectivity index (χ4n) is 6.74. The molecule has 212 valence electrons. The molecule has 0 bridgehead atoms. The Kier molecular flexibility index (Phi) is 8.76. The maximum Gasteiger partial charge on any atom is 0.0458 e. The maximum atomic E-state index is 2.79. The lowest BCUT2D eigenvalue weighted by molar-refractivity contribution is 0.218. The van der Waals surface area contributed by atoms with Crippen molar-refractivity contribution in [3.8, 4) is 0 Å². The first-order valence-corrected chi connectivity index (χ1v) is 18.1. The minimum absolute atomic E-state index is 0.290. The maximum absolute atomic E-state index is 2.79. The van der Waals surface area contributed by atoms with Crippen LogP contribution in [0.25, 0.3) is 0 Å². The normalized spacial score (nSPS) is 17.4. The quantitative estimate of drug-likeness (QED) is 0.158. The molecule has 1 fully saturated rings. The van der Waals surface area contributed by atoms with E-state index in [1.165, 1.54) is 44.9 Å². The molecule has 1 saturated heterocycles. The fourth-order valence-corrected chi connectivity index (χ4v) is 11.8. The Hall–Kier alpha value is -3.60. The zero-order chi connectivity index (χ0) is 28.8. The Balaban J connectivity index is 1.38. The number of nitrogens with zero attached hydrogens (tertiary/aromatic N) is 1. The second-order valence-corrected chi connectivity index (χ2v) is 15.7. The van der Waals surface area contributed by atoms with Crippen LogP contribution in [-0.2, 0) is 0 Å². The van der Waals surface area contributed by atoms with Gasteiger partial charge in [0.15, 0.2) is 0 Å². The SMILES string of the molecule is C1=CC(C(c2ccccc2P(c2ccccc2)c2ccccc2)N2CCCC2)C(P(c2ccccc2)c2ccccc2)=C1. The van der Waals surface area contributed by atoms with Gasteiger partial charge in [-0.25, -0.2) is 0 Å². The van der Waals surface area contributed by atoms with Gasteiger partial charge in [-0.3, -0.25) is 4.90 Å². The molecule has 0 amide bonds. The molecule has 0 saturated carbocycles. The van der Waals surface area contributed by atoms with Crippen LogP contribution in [0, 0.1) is 5.92 Å². The van der Waals surface area contributed by atoms with Gasteiger partial charge in [0.2, 0.25) is 0 Å². The van der Waals surface area contributed by atoms with Crippen molar-refractivity contribution in [2.24, 2.45) is 5.92 Å². The Morgan fingerprint density at radius 2 is 0.953 bits per heavy atom. The van der Waals surface area contributed by atoms with Crippen LogP contribution < -0.4 is 26.5 Å². The van der Waals surface area contributed by atoms with Gasteiger partial charge in [-0.1, -0.05) is 164 Å². The summed E-state index contributed by atoms with van der Waals surface area (Å²) in [5.74, 6) is 0.314. The smallest absolute Gasteiger partial charge is 0.0458 e. The number of hydrogen-bond acceptors (Lipinski definition) is 1. The number of likely N-dealkylation sites (tertiary alicyclic amines) is 1. The molecule has 2 aliphatic rings. The van der Waals surface area contributed by atoms with Gasteiger partial charge in [0.05, 0.1) is 0 Å². The number of benzene rings is 5. The molecule has 0 radical (unpaired) electrons. The van der Waals surface area contributed by atoms with E-state index in [0.717, 1.165) is 13.1 Å². The fraction of sp³-hybridized carbons (Fsp3) is 0.150. The monoisotopic (exact) mass is 593 g/mol. The molecule has 2 unspecified atom stereocenters. The summed E-state index contributed by atoms with van der Waals surface area (Å²) < 4.78 is 0. The van der Waals surface area contributed by atoms with Gasteiger partial charge >= 0.3 is 0 Å². The van der Waals surface area contributed by atoms with Crippen LogP contribution in [-0.4, -0.2) is 18.0 Å². The lowest BCUT2D eigenvalue weighted by Gasteiger charge is -2.38. The van der Waals surface area contributed by atoms with Crippen LogP contribution in [0.15, 0.2) is 169 Å². The molecular weight excluding hydrogens is 556 g/mol. The van der Waals surface area contributed by atoms with Crippen molar-refractivity contribution in [3.63, 3.8) is 0 Å². The predicted molar refractivity (Wildman–Crippen MR) is 188 cm³/mol. The van der Waals surface area contributed by atoms with Crippen LogP contribution in [0.4, 0.5) is 0 Å². The molecule has 43 heavy (non-hydrogen) atoms. The number of rotatable bonds is 9. The molecule has 5 aromatic rings. The van der Waals surface area contributed by atoms with Crippen molar-refractivity contribution < 1.29 is 0 Å². The van der Waals surface area contributed by atoms with Crippen molar-refractivity contribution in [3.05, 3.63) is 175 Å². The third-order valence-electron chi connectivity index (χ3n) is 8.61. The van der Waals surface area contributed by atoms with E-state index >= 15 is 0 Å². The summed E-state index contributed by atoms with van der Waals surface area (Å²) in [4.78, 5) is 2.79. The number of hydrogen-bond donors (Lipinski definition) is 0. The van der Waals surface area contributed by atoms with Crippen molar-refractivity contribution in [1.82, 2.24) is 4.90 Å². The topological polar surface area (TPSA) is 3.24 Å². The van der Waals surface area contributed by atoms with E-state index in [1.54, 1.807) is 5.31 Å². The summed E-state index contributed by atoms with van der Waals surface area (Å²) in [6.07, 6.45) is 9.83. The van der Waals surface area contributed by atoms with Gasteiger partial charge < -0.3 is 0 Å². The molecule has 3 heteroatoms. The Labute approximate surface area is 259 Å². The highest BCUT2D eigenvalue weighted by Crippen LogP contribution is 2.54. The molecule has 2 atom stereocenters. The van der Waals surface area contributed by atoms with Crippen LogP contribution >= 0.6 is 15.8 Å². The highest BCUT2D eigenvalue weighted by Gasteiger charge is 2.38. The Morgan fingerprint density at radius 1 is 0.512 bits per heavy atom. The van der Waals surface area contributed by atoms with Crippen molar-refractivity contribution in [1.29, 1.82) is 0 Å². The summed E-state index contributed by atoms with van der Waals surface area (Å²) in [7, 11) is -1.37. The number of allylic oxidation sites excluding steroid dienone is 2. The summed E-state index contributed by atoms with van der Waals surface area (Å²) in [6.45, 7) is 2.31. The first-order valence-electron chi connectivity index (χ1n) is 15.4. The van der Waals surface area contributed by atoms with E-state index in [2.05, 4.69) is 169 Å². The third kappa shape index (κ3) is 5.96. The van der Waals surface area contributed by atoms with Crippen LogP contribution in [0.5, 0.6) is 0 Å². The van der Waals surface area contributed by atoms with E-state index in [1.807, 2.05) is 0 Å². The van der Waals surface area contributed by atoms with Crippen molar-refractivity contribution in [2.45, 2.75) is 18.9 Å². The average molecular weight is 594 g/mol. The van der Waals surface area contributed by atoms with E-state index in [4.69, 9.17) is 0 Å². The summed E-state index contributed by atoms with van der Waals surface area (Å²) >= 11 is 0. The van der Waals surface area contributed by atoms with Crippen LogP contribution in [0.2, 0.25) is 0 Å². The van der Waals surface area contributed by atoms with Crippen LogP contribution in [0.3, 0.4) is 0 Å². The van der Waals surface area contributed by atoms with E-state index in [0.29, 0.717) is 12.0 Å². The van der Waals surface area contributed by atoms with E-state index < -0.39 is 15.8 Å². The molecule has 7 rings (SSSR count). The lowest BCUT2D eigenvalue weighted by atomic mass is 9.92. The minimum atomic E-state index is -0.710. The van der Waals surface area contributed by atoms with Crippen molar-refractivity contribution in [2.75, 3.05) is 13.1 Å². The molecule has 0 aromatic heterocycles. The average Bonchev–Trinajstić information content (AvgIpc) is 3.78. The highest BCUT2D eigenvalue weighted by atomic mass is 31.1. The Bertz CT molecular complexity index is 1600. The van der Waals surface area contributed by atoms with Crippen molar-refractivity contribution >= 4 is 42.4 Å². The van der Waals surface area contributed by atoms with Gasteiger partial charge in [0.1, 0.15) is 0 Å². The Morgan fingerprint density at radius 3 is 1.47 bits per heavy atom. The van der Waals surface area contributed by atoms with Gasteiger partial charge in [-0.15, -0.1) is 0 Å². The molecule has 0 N–H and O–H groups in total. The van der Waals surface area contributed by atoms with Gasteiger partial charge in [0, 0.05) is 12.0 Å². The molecular formula is C40H37NP2. The third-order valence-corrected chi connectivity index (χ3v) is 13.7. The summed E-state index contributed by atoms with van der Waals surface area (Å²) in [5.41, 5.74) is 1.49.